The molecular weight excluding hydrogens is 330 g/mol. The number of aryl methyl sites for hydroxylation is 1. The fourth-order valence-corrected chi connectivity index (χ4v) is 3.48. The molecule has 0 aromatic heterocycles. The van der Waals surface area contributed by atoms with Gasteiger partial charge in [0, 0.05) is 24.3 Å². The average Bonchev–Trinajstić information content (AvgIpc) is 3.01. The molecule has 1 unspecified atom stereocenters. The number of hydrogen-bond acceptors (Lipinski definition) is 2. The van der Waals surface area contributed by atoms with Crippen LogP contribution in [0.4, 0.5) is 11.4 Å². The van der Waals surface area contributed by atoms with Crippen molar-refractivity contribution in [2.45, 2.75) is 32.7 Å². The Balaban J connectivity index is 1.65. The second-order valence-corrected chi connectivity index (χ2v) is 6.78. The van der Waals surface area contributed by atoms with Gasteiger partial charge in [0.05, 0.1) is 6.04 Å². The second kappa shape index (κ2) is 7.66. The molecule has 1 saturated heterocycles. The Morgan fingerprint density at radius 1 is 1.20 bits per heavy atom. The first kappa shape index (κ1) is 17.4. The van der Waals surface area contributed by atoms with Crippen molar-refractivity contribution >= 4 is 34.6 Å². The molecule has 25 heavy (non-hydrogen) atoms. The number of benzene rings is 2. The molecule has 3 rings (SSSR count). The van der Waals surface area contributed by atoms with Gasteiger partial charge in [-0.25, -0.2) is 0 Å². The minimum absolute atomic E-state index is 0.115. The monoisotopic (exact) mass is 353 g/mol. The van der Waals surface area contributed by atoms with E-state index in [1.165, 1.54) is 11.1 Å². The topological polar surface area (TPSA) is 44.4 Å². The molecule has 0 bridgehead atoms. The van der Waals surface area contributed by atoms with Crippen LogP contribution in [0.1, 0.15) is 36.9 Å². The third-order valence-electron chi connectivity index (χ3n) is 4.49. The first-order valence-corrected chi connectivity index (χ1v) is 8.99. The van der Waals surface area contributed by atoms with E-state index in [-0.39, 0.29) is 11.9 Å². The number of thiocarbonyl (C=S) groups is 1. The van der Waals surface area contributed by atoms with E-state index in [1.54, 1.807) is 0 Å². The lowest BCUT2D eigenvalue weighted by Crippen LogP contribution is -2.31. The van der Waals surface area contributed by atoms with E-state index in [0.29, 0.717) is 11.5 Å². The van der Waals surface area contributed by atoms with Crippen LogP contribution in [0.3, 0.4) is 0 Å². The smallest absolute Gasteiger partial charge is 0.227 e. The van der Waals surface area contributed by atoms with Crippen LogP contribution in [0.25, 0.3) is 0 Å². The Labute approximate surface area is 154 Å². The van der Waals surface area contributed by atoms with Crippen molar-refractivity contribution < 1.29 is 4.79 Å². The van der Waals surface area contributed by atoms with Crippen molar-refractivity contribution in [2.24, 2.45) is 0 Å². The Morgan fingerprint density at radius 3 is 2.72 bits per heavy atom. The van der Waals surface area contributed by atoms with Crippen LogP contribution in [0, 0.1) is 6.92 Å². The third-order valence-corrected chi connectivity index (χ3v) is 4.71. The van der Waals surface area contributed by atoms with Crippen molar-refractivity contribution in [3.63, 3.8) is 0 Å². The van der Waals surface area contributed by atoms with Crippen LogP contribution in [-0.4, -0.2) is 17.6 Å². The van der Waals surface area contributed by atoms with Gasteiger partial charge in [0.25, 0.3) is 0 Å². The fraction of sp³-hybridized carbons (Fsp3) is 0.300. The molecule has 1 amide bonds. The molecule has 0 radical (unpaired) electrons. The first-order chi connectivity index (χ1) is 12.0. The number of carbonyl (C=O) groups excluding carboxylic acids is 1. The van der Waals surface area contributed by atoms with E-state index in [2.05, 4.69) is 36.6 Å². The van der Waals surface area contributed by atoms with E-state index in [0.717, 1.165) is 24.3 Å². The molecule has 2 aromatic carbocycles. The summed E-state index contributed by atoms with van der Waals surface area (Å²) in [6.45, 7) is 4.98. The molecule has 0 aliphatic carbocycles. The van der Waals surface area contributed by atoms with Gasteiger partial charge in [-0.1, -0.05) is 30.3 Å². The van der Waals surface area contributed by atoms with Crippen LogP contribution < -0.4 is 15.5 Å². The van der Waals surface area contributed by atoms with Gasteiger partial charge in [0.15, 0.2) is 5.11 Å². The number of carbonyl (C=O) groups is 1. The standard InChI is InChI=1S/C20H23N3OS/c1-14-7-3-4-10-18(14)15(2)21-20(25)22-16-8-5-9-17(13-16)23-12-6-11-19(23)24/h3-5,7-10,13,15H,6,11-12H2,1-2H3,(H2,21,22,25). The van der Waals surface area contributed by atoms with E-state index in [4.69, 9.17) is 12.2 Å². The number of hydrogen-bond donors (Lipinski definition) is 2. The van der Waals surface area contributed by atoms with Crippen LogP contribution in [0.5, 0.6) is 0 Å². The fourth-order valence-electron chi connectivity index (χ4n) is 3.19. The Bertz CT molecular complexity index is 790. The summed E-state index contributed by atoms with van der Waals surface area (Å²) < 4.78 is 0. The normalized spacial score (nSPS) is 15.1. The minimum Gasteiger partial charge on any atom is -0.356 e. The predicted octanol–water partition coefficient (Wildman–Crippen LogP) is 4.17. The van der Waals surface area contributed by atoms with E-state index in [9.17, 15) is 4.79 Å². The average molecular weight is 353 g/mol. The van der Waals surface area contributed by atoms with E-state index in [1.807, 2.05) is 41.3 Å². The summed E-state index contributed by atoms with van der Waals surface area (Å²) in [5.74, 6) is 0.186. The van der Waals surface area contributed by atoms with Gasteiger partial charge in [-0.2, -0.15) is 0 Å². The zero-order valence-corrected chi connectivity index (χ0v) is 15.4. The maximum absolute atomic E-state index is 11.9. The lowest BCUT2D eigenvalue weighted by Gasteiger charge is -2.20. The van der Waals surface area contributed by atoms with Crippen LogP contribution >= 0.6 is 12.2 Å². The molecule has 2 aromatic rings. The molecule has 130 valence electrons. The van der Waals surface area contributed by atoms with Crippen LogP contribution in [-0.2, 0) is 4.79 Å². The molecule has 1 atom stereocenters. The first-order valence-electron chi connectivity index (χ1n) is 8.58. The molecular formula is C20H23N3OS. The lowest BCUT2D eigenvalue weighted by atomic mass is 10.0. The van der Waals surface area contributed by atoms with Crippen molar-refractivity contribution in [1.29, 1.82) is 0 Å². The molecule has 5 heteroatoms. The molecule has 0 saturated carbocycles. The molecule has 1 aliphatic rings. The molecule has 4 nitrogen and oxygen atoms in total. The highest BCUT2D eigenvalue weighted by molar-refractivity contribution is 7.80. The van der Waals surface area contributed by atoms with Gasteiger partial charge in [0.1, 0.15) is 0 Å². The Hall–Kier alpha value is -2.40. The van der Waals surface area contributed by atoms with Crippen molar-refractivity contribution in [1.82, 2.24) is 5.32 Å². The summed E-state index contributed by atoms with van der Waals surface area (Å²) in [5.41, 5.74) is 4.26. The highest BCUT2D eigenvalue weighted by atomic mass is 32.1. The Morgan fingerprint density at radius 2 is 2.00 bits per heavy atom. The zero-order valence-electron chi connectivity index (χ0n) is 14.6. The summed E-state index contributed by atoms with van der Waals surface area (Å²) in [7, 11) is 0. The van der Waals surface area contributed by atoms with Gasteiger partial charge in [0.2, 0.25) is 5.91 Å². The number of nitrogens with zero attached hydrogens (tertiary/aromatic N) is 1. The van der Waals surface area contributed by atoms with Gasteiger partial charge in [-0.15, -0.1) is 0 Å². The van der Waals surface area contributed by atoms with E-state index < -0.39 is 0 Å². The predicted molar refractivity (Wildman–Crippen MR) is 107 cm³/mol. The van der Waals surface area contributed by atoms with Crippen molar-refractivity contribution in [2.75, 3.05) is 16.8 Å². The Kier molecular flexibility index (Phi) is 5.34. The largest absolute Gasteiger partial charge is 0.356 e. The number of rotatable bonds is 4. The number of amides is 1. The maximum atomic E-state index is 11.9. The van der Waals surface area contributed by atoms with Crippen molar-refractivity contribution in [3.8, 4) is 0 Å². The summed E-state index contributed by atoms with van der Waals surface area (Å²) in [4.78, 5) is 13.7. The summed E-state index contributed by atoms with van der Waals surface area (Å²) >= 11 is 5.45. The van der Waals surface area contributed by atoms with Crippen LogP contribution in [0.15, 0.2) is 48.5 Å². The molecule has 2 N–H and O–H groups in total. The van der Waals surface area contributed by atoms with Crippen molar-refractivity contribution in [3.05, 3.63) is 59.7 Å². The zero-order chi connectivity index (χ0) is 17.8. The summed E-state index contributed by atoms with van der Waals surface area (Å²) in [6.07, 6.45) is 1.55. The molecule has 1 aliphatic heterocycles. The molecule has 0 spiro atoms. The van der Waals surface area contributed by atoms with Gasteiger partial charge in [-0.3, -0.25) is 4.79 Å². The molecule has 1 heterocycles. The summed E-state index contributed by atoms with van der Waals surface area (Å²) in [6, 6.07) is 16.2. The SMILES string of the molecule is Cc1ccccc1C(C)NC(=S)Nc1cccc(N2CCCC2=O)c1. The second-order valence-electron chi connectivity index (χ2n) is 6.38. The summed E-state index contributed by atoms with van der Waals surface area (Å²) in [5, 5.41) is 7.12. The highest BCUT2D eigenvalue weighted by Gasteiger charge is 2.21. The highest BCUT2D eigenvalue weighted by Crippen LogP contribution is 2.24. The molecule has 1 fully saturated rings. The van der Waals surface area contributed by atoms with Gasteiger partial charge < -0.3 is 15.5 Å². The number of nitrogens with one attached hydrogen (secondary N) is 2. The van der Waals surface area contributed by atoms with E-state index >= 15 is 0 Å². The van der Waals surface area contributed by atoms with Gasteiger partial charge in [-0.05, 0) is 61.8 Å². The number of anilines is 2. The van der Waals surface area contributed by atoms with Crippen LogP contribution in [0.2, 0.25) is 0 Å². The van der Waals surface area contributed by atoms with Gasteiger partial charge >= 0.3 is 0 Å². The quantitative estimate of drug-likeness (QED) is 0.810. The minimum atomic E-state index is 0.115. The third kappa shape index (κ3) is 4.17. The lowest BCUT2D eigenvalue weighted by molar-refractivity contribution is -0.117. The maximum Gasteiger partial charge on any atom is 0.227 e.